The zero-order valence-electron chi connectivity index (χ0n) is 10.8. The molecule has 0 amide bonds. The largest absolute Gasteiger partial charge is 0.416 e. The quantitative estimate of drug-likeness (QED) is 0.697. The van der Waals surface area contributed by atoms with Gasteiger partial charge in [0.15, 0.2) is 0 Å². The molecule has 0 radical (unpaired) electrons. The van der Waals surface area contributed by atoms with Gasteiger partial charge in [-0.3, -0.25) is 10.1 Å². The molecule has 6 nitrogen and oxygen atoms in total. The molecule has 1 atom stereocenters. The van der Waals surface area contributed by atoms with E-state index in [1.165, 1.54) is 25.1 Å². The van der Waals surface area contributed by atoms with E-state index in [-0.39, 0.29) is 11.4 Å². The lowest BCUT2D eigenvalue weighted by Crippen LogP contribution is -2.17. The van der Waals surface area contributed by atoms with Gasteiger partial charge in [0.25, 0.3) is 0 Å². The lowest BCUT2D eigenvalue weighted by atomic mass is 10.0. The zero-order valence-corrected chi connectivity index (χ0v) is 10.8. The van der Waals surface area contributed by atoms with Gasteiger partial charge in [0, 0.05) is 0 Å². The number of nitrogens with two attached hydrogens (primary N) is 1. The van der Waals surface area contributed by atoms with Crippen LogP contribution in [-0.2, 0) is 6.18 Å². The number of anilines is 1. The minimum absolute atomic E-state index is 0.0605. The molecule has 1 aromatic carbocycles. The average molecular weight is 300 g/mol. The summed E-state index contributed by atoms with van der Waals surface area (Å²) < 4.78 is 40.0. The van der Waals surface area contributed by atoms with E-state index in [0.717, 1.165) is 16.9 Å². The van der Waals surface area contributed by atoms with Crippen molar-refractivity contribution in [3.05, 3.63) is 51.7 Å². The van der Waals surface area contributed by atoms with E-state index in [1.54, 1.807) is 0 Å². The number of benzene rings is 1. The lowest BCUT2D eigenvalue weighted by molar-refractivity contribution is -0.384. The summed E-state index contributed by atoms with van der Waals surface area (Å²) in [6.45, 7) is 1.44. The third kappa shape index (κ3) is 2.67. The van der Waals surface area contributed by atoms with Crippen LogP contribution in [0.25, 0.3) is 0 Å². The van der Waals surface area contributed by atoms with Gasteiger partial charge in [-0.2, -0.15) is 18.3 Å². The van der Waals surface area contributed by atoms with Crippen molar-refractivity contribution < 1.29 is 18.1 Å². The van der Waals surface area contributed by atoms with Crippen LogP contribution in [0.15, 0.2) is 30.5 Å². The van der Waals surface area contributed by atoms with Gasteiger partial charge in [-0.15, -0.1) is 0 Å². The number of rotatable bonds is 3. The summed E-state index contributed by atoms with van der Waals surface area (Å²) in [5.74, 6) is -0.288. The third-order valence-corrected chi connectivity index (χ3v) is 3.09. The maximum atomic E-state index is 13.0. The van der Waals surface area contributed by atoms with Gasteiger partial charge in [0.1, 0.15) is 6.20 Å². The highest BCUT2D eigenvalue weighted by Gasteiger charge is 2.35. The summed E-state index contributed by atoms with van der Waals surface area (Å²) >= 11 is 0. The van der Waals surface area contributed by atoms with Crippen LogP contribution in [0.2, 0.25) is 0 Å². The standard InChI is InChI=1S/C12H11F3N4O2/c1-7(18-11(16)10(6-17-18)19(20)21)8-4-2-3-5-9(8)12(13,14)15/h2-7H,16H2,1H3. The Hall–Kier alpha value is -2.58. The van der Waals surface area contributed by atoms with Gasteiger partial charge < -0.3 is 5.73 Å². The van der Waals surface area contributed by atoms with Crippen LogP contribution in [0.4, 0.5) is 24.7 Å². The van der Waals surface area contributed by atoms with Crippen LogP contribution < -0.4 is 5.73 Å². The van der Waals surface area contributed by atoms with Crippen molar-refractivity contribution in [1.29, 1.82) is 0 Å². The third-order valence-electron chi connectivity index (χ3n) is 3.09. The molecule has 0 aliphatic heterocycles. The topological polar surface area (TPSA) is 87.0 Å². The molecule has 0 saturated heterocycles. The van der Waals surface area contributed by atoms with Gasteiger partial charge >= 0.3 is 11.9 Å². The molecule has 0 saturated carbocycles. The van der Waals surface area contributed by atoms with Gasteiger partial charge in [0.2, 0.25) is 5.82 Å². The van der Waals surface area contributed by atoms with E-state index < -0.39 is 28.4 Å². The highest BCUT2D eigenvalue weighted by Crippen LogP contribution is 2.36. The maximum Gasteiger partial charge on any atom is 0.416 e. The molecule has 0 fully saturated rings. The summed E-state index contributed by atoms with van der Waals surface area (Å²) in [5.41, 5.74) is 4.26. The molecule has 0 aliphatic rings. The average Bonchev–Trinajstić information content (AvgIpc) is 2.79. The zero-order chi connectivity index (χ0) is 15.8. The van der Waals surface area contributed by atoms with Gasteiger partial charge in [-0.1, -0.05) is 18.2 Å². The fourth-order valence-corrected chi connectivity index (χ4v) is 2.06. The Morgan fingerprint density at radius 3 is 2.52 bits per heavy atom. The highest BCUT2D eigenvalue weighted by molar-refractivity contribution is 5.52. The van der Waals surface area contributed by atoms with E-state index in [1.807, 2.05) is 0 Å². The Bertz CT molecular complexity index is 681. The first-order chi connectivity index (χ1) is 9.73. The summed E-state index contributed by atoms with van der Waals surface area (Å²) in [7, 11) is 0. The van der Waals surface area contributed by atoms with E-state index in [4.69, 9.17) is 5.73 Å². The number of nitrogens with zero attached hydrogens (tertiary/aromatic N) is 3. The number of aromatic nitrogens is 2. The molecule has 0 aliphatic carbocycles. The van der Waals surface area contributed by atoms with Gasteiger partial charge in [0.05, 0.1) is 16.5 Å². The Balaban J connectivity index is 2.51. The minimum Gasteiger partial charge on any atom is -0.378 e. The van der Waals surface area contributed by atoms with Gasteiger partial charge in [-0.05, 0) is 18.6 Å². The molecule has 2 N–H and O–H groups in total. The lowest BCUT2D eigenvalue weighted by Gasteiger charge is -2.19. The normalized spacial score (nSPS) is 13.1. The second kappa shape index (κ2) is 5.08. The second-order valence-corrected chi connectivity index (χ2v) is 4.38. The summed E-state index contributed by atoms with van der Waals surface area (Å²) in [6, 6.07) is 4.07. The van der Waals surface area contributed by atoms with Crippen molar-refractivity contribution in [3.63, 3.8) is 0 Å². The molecule has 1 heterocycles. The minimum atomic E-state index is -4.53. The summed E-state index contributed by atoms with van der Waals surface area (Å²) in [4.78, 5) is 9.98. The summed E-state index contributed by atoms with van der Waals surface area (Å²) in [5, 5.41) is 14.4. The highest BCUT2D eigenvalue weighted by atomic mass is 19.4. The van der Waals surface area contributed by atoms with Crippen molar-refractivity contribution in [2.24, 2.45) is 0 Å². The fraction of sp³-hybridized carbons (Fsp3) is 0.250. The molecular formula is C12H11F3N4O2. The number of halogens is 3. The van der Waals surface area contributed by atoms with E-state index in [2.05, 4.69) is 5.10 Å². The molecule has 9 heteroatoms. The van der Waals surface area contributed by atoms with Crippen LogP contribution in [0.3, 0.4) is 0 Å². The van der Waals surface area contributed by atoms with E-state index >= 15 is 0 Å². The van der Waals surface area contributed by atoms with Crippen molar-refractivity contribution in [3.8, 4) is 0 Å². The molecule has 2 aromatic rings. The molecule has 1 aromatic heterocycles. The van der Waals surface area contributed by atoms with Crippen LogP contribution in [0.1, 0.15) is 24.1 Å². The number of hydrogen-bond donors (Lipinski definition) is 1. The number of nitrogen functional groups attached to an aromatic ring is 1. The number of nitro groups is 1. The first kappa shape index (κ1) is 14.8. The molecule has 112 valence electrons. The first-order valence-corrected chi connectivity index (χ1v) is 5.87. The maximum absolute atomic E-state index is 13.0. The SMILES string of the molecule is CC(c1ccccc1C(F)(F)F)n1ncc([N+](=O)[O-])c1N. The van der Waals surface area contributed by atoms with Crippen molar-refractivity contribution in [2.75, 3.05) is 5.73 Å². The predicted molar refractivity (Wildman–Crippen MR) is 68.6 cm³/mol. The fourth-order valence-electron chi connectivity index (χ4n) is 2.06. The molecule has 0 bridgehead atoms. The first-order valence-electron chi connectivity index (χ1n) is 5.87. The number of hydrogen-bond acceptors (Lipinski definition) is 4. The molecule has 0 spiro atoms. The van der Waals surface area contributed by atoms with E-state index in [9.17, 15) is 23.3 Å². The molecular weight excluding hydrogens is 289 g/mol. The monoisotopic (exact) mass is 300 g/mol. The Morgan fingerprint density at radius 2 is 2.00 bits per heavy atom. The Labute approximate surface area is 117 Å². The number of alkyl halides is 3. The second-order valence-electron chi connectivity index (χ2n) is 4.38. The van der Waals surface area contributed by atoms with Crippen molar-refractivity contribution >= 4 is 11.5 Å². The van der Waals surface area contributed by atoms with Crippen LogP contribution in [0, 0.1) is 10.1 Å². The molecule has 2 rings (SSSR count). The van der Waals surface area contributed by atoms with Gasteiger partial charge in [-0.25, -0.2) is 4.68 Å². The summed E-state index contributed by atoms with van der Waals surface area (Å²) in [6.07, 6.45) is -3.61. The van der Waals surface area contributed by atoms with Crippen LogP contribution >= 0.6 is 0 Å². The Morgan fingerprint density at radius 1 is 1.38 bits per heavy atom. The van der Waals surface area contributed by atoms with Crippen LogP contribution in [0.5, 0.6) is 0 Å². The molecule has 1 unspecified atom stereocenters. The Kier molecular flexibility index (Phi) is 3.58. The van der Waals surface area contributed by atoms with Crippen LogP contribution in [-0.4, -0.2) is 14.7 Å². The van der Waals surface area contributed by atoms with Crippen molar-refractivity contribution in [2.45, 2.75) is 19.1 Å². The smallest absolute Gasteiger partial charge is 0.378 e. The predicted octanol–water partition coefficient (Wildman–Crippen LogP) is 3.00. The van der Waals surface area contributed by atoms with E-state index in [0.29, 0.717) is 0 Å². The molecule has 21 heavy (non-hydrogen) atoms. The van der Waals surface area contributed by atoms with Crippen molar-refractivity contribution in [1.82, 2.24) is 9.78 Å².